The third kappa shape index (κ3) is 4.81. The van der Waals surface area contributed by atoms with Crippen LogP contribution < -0.4 is 10.1 Å². The fourth-order valence-corrected chi connectivity index (χ4v) is 3.70. The summed E-state index contributed by atoms with van der Waals surface area (Å²) in [6, 6.07) is 3.47. The van der Waals surface area contributed by atoms with Crippen LogP contribution >= 0.6 is 12.4 Å². The Balaban J connectivity index is 0.00000338. The van der Waals surface area contributed by atoms with Gasteiger partial charge in [0.2, 0.25) is 15.9 Å². The van der Waals surface area contributed by atoms with Gasteiger partial charge in [-0.3, -0.25) is 14.9 Å². The molecular formula is C14H21ClN4O6S. The molecule has 1 fully saturated rings. The van der Waals surface area contributed by atoms with Crippen molar-refractivity contribution in [2.75, 3.05) is 46.9 Å². The Morgan fingerprint density at radius 3 is 2.54 bits per heavy atom. The first kappa shape index (κ1) is 22.1. The quantitative estimate of drug-likeness (QED) is 0.522. The second-order valence-electron chi connectivity index (χ2n) is 5.48. The van der Waals surface area contributed by atoms with Crippen LogP contribution in [-0.4, -0.2) is 75.3 Å². The maximum Gasteiger partial charge on any atom is 0.293 e. The standard InChI is InChI=1S/C14H20N4O6S.ClH/c1-16(10-14(19)17-7-5-15-6-8-17)25(22,23)13-4-3-11(24-2)9-12(13)18(20)21;/h3-4,9,15H,5-8,10H2,1-2H3;1H. The first-order valence-corrected chi connectivity index (χ1v) is 8.98. The highest BCUT2D eigenvalue weighted by Gasteiger charge is 2.32. The lowest BCUT2D eigenvalue weighted by molar-refractivity contribution is -0.387. The number of hydrogen-bond acceptors (Lipinski definition) is 7. The lowest BCUT2D eigenvalue weighted by atomic mass is 10.3. The summed E-state index contributed by atoms with van der Waals surface area (Å²) >= 11 is 0. The largest absolute Gasteiger partial charge is 0.497 e. The van der Waals surface area contributed by atoms with E-state index in [1.165, 1.54) is 20.2 Å². The van der Waals surface area contributed by atoms with Crippen LogP contribution in [0.2, 0.25) is 0 Å². The molecule has 1 aliphatic rings. The van der Waals surface area contributed by atoms with Crippen molar-refractivity contribution in [3.8, 4) is 5.75 Å². The first-order valence-electron chi connectivity index (χ1n) is 7.54. The minimum Gasteiger partial charge on any atom is -0.497 e. The van der Waals surface area contributed by atoms with E-state index in [1.54, 1.807) is 4.90 Å². The van der Waals surface area contributed by atoms with Crippen molar-refractivity contribution in [1.82, 2.24) is 14.5 Å². The molecule has 1 aromatic rings. The zero-order chi connectivity index (χ0) is 18.6. The van der Waals surface area contributed by atoms with E-state index >= 15 is 0 Å². The average molecular weight is 409 g/mol. The number of benzene rings is 1. The number of carbonyl (C=O) groups is 1. The van der Waals surface area contributed by atoms with Crippen LogP contribution in [0.5, 0.6) is 5.75 Å². The number of methoxy groups -OCH3 is 1. The van der Waals surface area contributed by atoms with Crippen LogP contribution in [0.1, 0.15) is 0 Å². The van der Waals surface area contributed by atoms with Crippen molar-refractivity contribution in [2.24, 2.45) is 0 Å². The summed E-state index contributed by atoms with van der Waals surface area (Å²) in [7, 11) is -1.65. The van der Waals surface area contributed by atoms with E-state index in [-0.39, 0.29) is 30.6 Å². The molecule has 1 N–H and O–H groups in total. The summed E-state index contributed by atoms with van der Waals surface area (Å²) in [6.07, 6.45) is 0. The molecular weight excluding hydrogens is 388 g/mol. The summed E-state index contributed by atoms with van der Waals surface area (Å²) < 4.78 is 31.1. The highest BCUT2D eigenvalue weighted by molar-refractivity contribution is 7.89. The number of halogens is 1. The van der Waals surface area contributed by atoms with Gasteiger partial charge in [-0.2, -0.15) is 4.31 Å². The van der Waals surface area contributed by atoms with Gasteiger partial charge in [0.1, 0.15) is 5.75 Å². The van der Waals surface area contributed by atoms with Crippen LogP contribution in [0.3, 0.4) is 0 Å². The van der Waals surface area contributed by atoms with Crippen molar-refractivity contribution < 1.29 is 22.9 Å². The number of nitro groups is 1. The topological polar surface area (TPSA) is 122 Å². The maximum absolute atomic E-state index is 12.7. The molecule has 0 radical (unpaired) electrons. The van der Waals surface area contributed by atoms with Crippen molar-refractivity contribution >= 4 is 34.0 Å². The third-order valence-electron chi connectivity index (χ3n) is 3.88. The second-order valence-corrected chi connectivity index (χ2v) is 7.50. The van der Waals surface area contributed by atoms with Gasteiger partial charge in [-0.25, -0.2) is 8.42 Å². The fourth-order valence-electron chi connectivity index (χ4n) is 2.44. The van der Waals surface area contributed by atoms with E-state index in [4.69, 9.17) is 4.74 Å². The lowest BCUT2D eigenvalue weighted by Crippen LogP contribution is -2.49. The number of hydrogen-bond donors (Lipinski definition) is 1. The van der Waals surface area contributed by atoms with Gasteiger partial charge in [-0.05, 0) is 12.1 Å². The number of piperazine rings is 1. The van der Waals surface area contributed by atoms with Gasteiger partial charge in [0.05, 0.1) is 24.6 Å². The number of carbonyl (C=O) groups excluding carboxylic acids is 1. The summed E-state index contributed by atoms with van der Waals surface area (Å²) in [5.41, 5.74) is -0.596. The van der Waals surface area contributed by atoms with Gasteiger partial charge in [0.15, 0.2) is 4.90 Å². The molecule has 146 valence electrons. The monoisotopic (exact) mass is 408 g/mol. The van der Waals surface area contributed by atoms with Gasteiger partial charge >= 0.3 is 0 Å². The summed E-state index contributed by atoms with van der Waals surface area (Å²) in [6.45, 7) is 1.90. The van der Waals surface area contributed by atoms with Crippen molar-refractivity contribution in [3.05, 3.63) is 28.3 Å². The molecule has 0 aliphatic carbocycles. The molecule has 0 bridgehead atoms. The molecule has 1 aliphatic heterocycles. The normalized spacial score (nSPS) is 14.7. The summed E-state index contributed by atoms with van der Waals surface area (Å²) in [5, 5.41) is 14.3. The number of nitro benzene ring substituents is 1. The number of nitrogens with zero attached hydrogens (tertiary/aromatic N) is 3. The van der Waals surface area contributed by atoms with E-state index in [1.807, 2.05) is 0 Å². The molecule has 1 amide bonds. The Morgan fingerprint density at radius 2 is 2.00 bits per heavy atom. The zero-order valence-corrected chi connectivity index (χ0v) is 16.0. The van der Waals surface area contributed by atoms with Crippen molar-refractivity contribution in [2.45, 2.75) is 4.90 Å². The van der Waals surface area contributed by atoms with Gasteiger partial charge in [-0.15, -0.1) is 12.4 Å². The minimum atomic E-state index is -4.20. The van der Waals surface area contributed by atoms with Gasteiger partial charge in [0.25, 0.3) is 5.69 Å². The molecule has 12 heteroatoms. The third-order valence-corrected chi connectivity index (χ3v) is 5.73. The first-order chi connectivity index (χ1) is 11.8. The highest BCUT2D eigenvalue weighted by atomic mass is 35.5. The Morgan fingerprint density at radius 1 is 1.38 bits per heavy atom. The van der Waals surface area contributed by atoms with Crippen LogP contribution in [-0.2, 0) is 14.8 Å². The zero-order valence-electron chi connectivity index (χ0n) is 14.4. The molecule has 10 nitrogen and oxygen atoms in total. The van der Waals surface area contributed by atoms with Crippen LogP contribution in [0.15, 0.2) is 23.1 Å². The van der Waals surface area contributed by atoms with E-state index < -0.39 is 25.5 Å². The summed E-state index contributed by atoms with van der Waals surface area (Å²) in [5.74, 6) is -0.172. The van der Waals surface area contributed by atoms with E-state index in [0.29, 0.717) is 26.2 Å². The Bertz CT molecular complexity index is 767. The number of ether oxygens (including phenoxy) is 1. The Kier molecular flexibility index (Phi) is 7.75. The van der Waals surface area contributed by atoms with Crippen LogP contribution in [0, 0.1) is 10.1 Å². The second kappa shape index (κ2) is 9.12. The predicted octanol–water partition coefficient (Wildman–Crippen LogP) is 0.0775. The molecule has 0 aromatic heterocycles. The molecule has 1 aromatic carbocycles. The number of rotatable bonds is 6. The molecule has 0 atom stereocenters. The van der Waals surface area contributed by atoms with E-state index in [0.717, 1.165) is 16.4 Å². The number of likely N-dealkylation sites (N-methyl/N-ethyl adjacent to an activating group) is 1. The SMILES string of the molecule is COc1ccc(S(=O)(=O)N(C)CC(=O)N2CCNCC2)c([N+](=O)[O-])c1.Cl. The molecule has 1 saturated heterocycles. The number of sulfonamides is 1. The predicted molar refractivity (Wildman–Crippen MR) is 96.2 cm³/mol. The lowest BCUT2D eigenvalue weighted by Gasteiger charge is -2.29. The molecule has 0 unspecified atom stereocenters. The fraction of sp³-hybridized carbons (Fsp3) is 0.500. The van der Waals surface area contributed by atoms with Crippen molar-refractivity contribution in [3.63, 3.8) is 0 Å². The number of nitrogens with one attached hydrogen (secondary N) is 1. The molecule has 2 rings (SSSR count). The Labute approximate surface area is 157 Å². The Hall–Kier alpha value is -1.95. The van der Waals surface area contributed by atoms with E-state index in [2.05, 4.69) is 5.32 Å². The molecule has 26 heavy (non-hydrogen) atoms. The maximum atomic E-state index is 12.7. The smallest absolute Gasteiger partial charge is 0.293 e. The van der Waals surface area contributed by atoms with Crippen molar-refractivity contribution in [1.29, 1.82) is 0 Å². The van der Waals surface area contributed by atoms with Crippen LogP contribution in [0.25, 0.3) is 0 Å². The molecule has 0 spiro atoms. The van der Waals surface area contributed by atoms with E-state index in [9.17, 15) is 23.3 Å². The number of amides is 1. The minimum absolute atomic E-state index is 0. The van der Waals surface area contributed by atoms with Gasteiger partial charge in [-0.1, -0.05) is 0 Å². The summed E-state index contributed by atoms with van der Waals surface area (Å²) in [4.78, 5) is 23.7. The average Bonchev–Trinajstić information content (AvgIpc) is 2.61. The molecule has 0 saturated carbocycles. The molecule has 1 heterocycles. The van der Waals surface area contributed by atoms with Gasteiger partial charge in [0, 0.05) is 33.2 Å². The van der Waals surface area contributed by atoms with Crippen LogP contribution in [0.4, 0.5) is 5.69 Å². The highest BCUT2D eigenvalue weighted by Crippen LogP contribution is 2.30. The van der Waals surface area contributed by atoms with Gasteiger partial charge < -0.3 is 15.0 Å².